The lowest BCUT2D eigenvalue weighted by molar-refractivity contribution is -0.283. The maximum Gasteiger partial charge on any atom is 0.463 e. The van der Waals surface area contributed by atoms with Crippen LogP contribution in [0.25, 0.3) is 0 Å². The minimum absolute atomic E-state index is 0.0250. The van der Waals surface area contributed by atoms with E-state index in [9.17, 15) is 53.5 Å². The van der Waals surface area contributed by atoms with Crippen molar-refractivity contribution in [3.05, 3.63) is 12.7 Å². The molecule has 32 heavy (non-hydrogen) atoms. The number of hydrogen-bond donors (Lipinski definition) is 2. The Kier molecular flexibility index (Phi) is 18.2. The van der Waals surface area contributed by atoms with Crippen LogP contribution in [0.4, 0.5) is 43.9 Å². The second kappa shape index (κ2) is 16.1. The number of unbranched alkanes of at least 4 members (excludes halogenated alkanes) is 1. The molecule has 1 atom stereocenters. The van der Waals surface area contributed by atoms with Crippen molar-refractivity contribution in [2.24, 2.45) is 0 Å². The highest BCUT2D eigenvalue weighted by Gasteiger charge is 2.57. The van der Waals surface area contributed by atoms with E-state index in [2.05, 4.69) is 6.58 Å². The number of alkyl halides is 12. The van der Waals surface area contributed by atoms with Gasteiger partial charge in [0.15, 0.2) is 0 Å². The van der Waals surface area contributed by atoms with Crippen molar-refractivity contribution in [1.82, 2.24) is 0 Å². The van der Waals surface area contributed by atoms with Crippen LogP contribution in [0.1, 0.15) is 44.9 Å². The molecule has 0 bridgehead atoms. The van der Waals surface area contributed by atoms with E-state index < -0.39 is 44.5 Å². The number of rotatable bonds is 10. The fourth-order valence-corrected chi connectivity index (χ4v) is 2.36. The van der Waals surface area contributed by atoms with E-state index in [0.717, 1.165) is 6.42 Å². The highest BCUT2D eigenvalue weighted by atomic mass is 127. The molecule has 192 valence electrons. The molecule has 0 aromatic heterocycles. The summed E-state index contributed by atoms with van der Waals surface area (Å²) in [4.78, 5) is 19.9. The SMILES string of the molecule is C=CCCCC(=O)O.FC(F)(F)C(F)(F)I.O=C(O)CCCC(I)CC(F)(F)C(F)(F)F. The van der Waals surface area contributed by atoms with E-state index >= 15 is 0 Å². The minimum atomic E-state index is -5.54. The van der Waals surface area contributed by atoms with E-state index in [1.165, 1.54) is 22.6 Å². The molecule has 0 aromatic carbocycles. The van der Waals surface area contributed by atoms with Crippen LogP contribution in [0.5, 0.6) is 0 Å². The standard InChI is InChI=1S/C8H10F5IO2.C6H10O2.C2F5I/c9-7(10,8(11,12)13)4-5(14)2-1-3-6(15)16;1-2-3-4-5-6(7)8;3-1(4,5)2(6,7)8/h5H,1-4H2,(H,15,16);2H,1,3-5H2,(H,7,8);. The van der Waals surface area contributed by atoms with Gasteiger partial charge in [-0.3, -0.25) is 9.59 Å². The van der Waals surface area contributed by atoms with Gasteiger partial charge in [0.2, 0.25) is 0 Å². The third-order valence-electron chi connectivity index (χ3n) is 2.92. The number of aliphatic carboxylic acids is 2. The van der Waals surface area contributed by atoms with Crippen molar-refractivity contribution in [2.75, 3.05) is 0 Å². The Hall–Kier alpha value is -0.560. The molecule has 0 aromatic rings. The number of halogens is 12. The van der Waals surface area contributed by atoms with Crippen LogP contribution in [-0.4, -0.2) is 48.3 Å². The van der Waals surface area contributed by atoms with Crippen LogP contribution in [0.3, 0.4) is 0 Å². The van der Waals surface area contributed by atoms with Gasteiger partial charge in [-0.15, -0.1) is 6.58 Å². The summed E-state index contributed by atoms with van der Waals surface area (Å²) in [5.74, 6) is -6.53. The first-order chi connectivity index (χ1) is 14.1. The molecule has 2 N–H and O–H groups in total. The van der Waals surface area contributed by atoms with Gasteiger partial charge in [0.25, 0.3) is 0 Å². The summed E-state index contributed by atoms with van der Waals surface area (Å²) in [6.45, 7) is 3.46. The molecule has 0 aliphatic heterocycles. The molecule has 0 radical (unpaired) electrons. The van der Waals surface area contributed by atoms with Crippen LogP contribution >= 0.6 is 45.2 Å². The van der Waals surface area contributed by atoms with Gasteiger partial charge in [-0.05, 0) is 25.7 Å². The molecule has 0 aliphatic rings. The number of allylic oxidation sites excluding steroid dienone is 1. The summed E-state index contributed by atoms with van der Waals surface area (Å²) >= 11 is 1.51. The molecule has 0 fully saturated rings. The van der Waals surface area contributed by atoms with Crippen LogP contribution in [-0.2, 0) is 9.59 Å². The number of carboxylic acids is 2. The lowest BCUT2D eigenvalue weighted by atomic mass is 10.1. The van der Waals surface area contributed by atoms with Crippen molar-refractivity contribution in [3.63, 3.8) is 0 Å². The molecular weight excluding hydrogens is 700 g/mol. The normalized spacial score (nSPS) is 13.1. The first kappa shape index (κ1) is 36.0. The molecule has 0 rings (SSSR count). The second-order valence-electron chi connectivity index (χ2n) is 5.86. The van der Waals surface area contributed by atoms with Crippen LogP contribution in [0.2, 0.25) is 0 Å². The highest BCUT2D eigenvalue weighted by molar-refractivity contribution is 14.1. The molecule has 1 unspecified atom stereocenters. The topological polar surface area (TPSA) is 74.6 Å². The Balaban J connectivity index is -0.000000441. The summed E-state index contributed by atoms with van der Waals surface area (Å²) < 4.78 is 110. The quantitative estimate of drug-likeness (QED) is 0.0801. The van der Waals surface area contributed by atoms with Gasteiger partial charge in [-0.1, -0.05) is 28.7 Å². The van der Waals surface area contributed by atoms with Crippen LogP contribution in [0.15, 0.2) is 12.7 Å². The van der Waals surface area contributed by atoms with Gasteiger partial charge in [0.05, 0.1) is 0 Å². The van der Waals surface area contributed by atoms with Crippen LogP contribution in [0, 0.1) is 0 Å². The zero-order valence-electron chi connectivity index (χ0n) is 16.1. The fourth-order valence-electron chi connectivity index (χ4n) is 1.37. The van der Waals surface area contributed by atoms with Gasteiger partial charge in [0.1, 0.15) is 0 Å². The van der Waals surface area contributed by atoms with E-state index in [4.69, 9.17) is 10.2 Å². The van der Waals surface area contributed by atoms with Crippen molar-refractivity contribution in [2.45, 2.75) is 71.1 Å². The summed E-state index contributed by atoms with van der Waals surface area (Å²) in [5, 5.41) is 16.4. The Bertz CT molecular complexity index is 548. The number of hydrogen-bond acceptors (Lipinski definition) is 2. The van der Waals surface area contributed by atoms with E-state index in [0.29, 0.717) is 6.42 Å². The minimum Gasteiger partial charge on any atom is -0.481 e. The maximum absolute atomic E-state index is 12.5. The average molecular weight is 720 g/mol. The smallest absolute Gasteiger partial charge is 0.463 e. The molecule has 0 spiro atoms. The first-order valence-electron chi connectivity index (χ1n) is 8.35. The summed E-state index contributed by atoms with van der Waals surface area (Å²) in [5.41, 5.74) is 0. The van der Waals surface area contributed by atoms with Crippen LogP contribution < -0.4 is 0 Å². The Morgan fingerprint density at radius 3 is 1.50 bits per heavy atom. The molecule has 0 saturated heterocycles. The van der Waals surface area contributed by atoms with Gasteiger partial charge >= 0.3 is 34.1 Å². The third kappa shape index (κ3) is 21.3. The molecule has 0 heterocycles. The molecule has 0 amide bonds. The van der Waals surface area contributed by atoms with Crippen molar-refractivity contribution >= 4 is 57.1 Å². The second-order valence-corrected chi connectivity index (χ2v) is 8.98. The third-order valence-corrected chi connectivity index (χ3v) is 4.60. The Morgan fingerprint density at radius 2 is 1.22 bits per heavy atom. The zero-order valence-corrected chi connectivity index (χ0v) is 20.4. The summed E-state index contributed by atoms with van der Waals surface area (Å²) in [7, 11) is 0. The van der Waals surface area contributed by atoms with Gasteiger partial charge < -0.3 is 10.2 Å². The Labute approximate surface area is 204 Å². The van der Waals surface area contributed by atoms with Gasteiger partial charge in [0, 0.05) is 45.8 Å². The zero-order chi connectivity index (χ0) is 26.4. The average Bonchev–Trinajstić information content (AvgIpc) is 2.52. The fraction of sp³-hybridized carbons (Fsp3) is 0.750. The monoisotopic (exact) mass is 720 g/mol. The van der Waals surface area contributed by atoms with Gasteiger partial charge in [-0.2, -0.15) is 43.9 Å². The molecule has 16 heteroatoms. The lowest BCUT2D eigenvalue weighted by Gasteiger charge is -2.21. The van der Waals surface area contributed by atoms with E-state index in [1.54, 1.807) is 6.08 Å². The number of carboxylic acid groups (broad SMARTS) is 2. The maximum atomic E-state index is 12.5. The van der Waals surface area contributed by atoms with Gasteiger partial charge in [-0.25, -0.2) is 0 Å². The molecular formula is C16H20F10I2O4. The predicted molar refractivity (Wildman–Crippen MR) is 112 cm³/mol. The van der Waals surface area contributed by atoms with E-state index in [1.807, 2.05) is 0 Å². The summed E-state index contributed by atoms with van der Waals surface area (Å²) in [6, 6.07) is 0. The van der Waals surface area contributed by atoms with Crippen molar-refractivity contribution < 1.29 is 63.7 Å². The lowest BCUT2D eigenvalue weighted by Crippen LogP contribution is -2.38. The van der Waals surface area contributed by atoms with Crippen molar-refractivity contribution in [1.29, 1.82) is 0 Å². The molecule has 4 nitrogen and oxygen atoms in total. The Morgan fingerprint density at radius 1 is 0.844 bits per heavy atom. The molecule has 0 aliphatic carbocycles. The van der Waals surface area contributed by atoms with Crippen molar-refractivity contribution in [3.8, 4) is 0 Å². The first-order valence-corrected chi connectivity index (χ1v) is 10.7. The largest absolute Gasteiger partial charge is 0.481 e. The predicted octanol–water partition coefficient (Wildman–Crippen LogP) is 7.64. The summed E-state index contributed by atoms with van der Waals surface area (Å²) in [6.07, 6.45) is -8.87. The number of carbonyl (C=O) groups is 2. The highest BCUT2D eigenvalue weighted by Crippen LogP contribution is 2.41. The molecule has 0 saturated carbocycles. The van der Waals surface area contributed by atoms with E-state index in [-0.39, 0.29) is 48.3 Å².